The molecule has 242 valence electrons. The molecule has 10 nitrogen and oxygen atoms in total. The molecule has 0 bridgehead atoms. The summed E-state index contributed by atoms with van der Waals surface area (Å²) in [6.07, 6.45) is 5.28. The van der Waals surface area contributed by atoms with Crippen molar-refractivity contribution in [1.29, 1.82) is 0 Å². The van der Waals surface area contributed by atoms with Gasteiger partial charge < -0.3 is 15.1 Å². The number of hydrogen-bond acceptors (Lipinski definition) is 7. The maximum absolute atomic E-state index is 17.4. The van der Waals surface area contributed by atoms with Gasteiger partial charge in [0.15, 0.2) is 5.82 Å². The fourth-order valence-corrected chi connectivity index (χ4v) is 7.75. The van der Waals surface area contributed by atoms with Gasteiger partial charge >= 0.3 is 5.69 Å². The number of H-pyrrole nitrogens is 1. The molecule has 12 heteroatoms. The zero-order valence-corrected chi connectivity index (χ0v) is 27.7. The van der Waals surface area contributed by atoms with Crippen molar-refractivity contribution in [2.45, 2.75) is 59.0 Å². The predicted molar refractivity (Wildman–Crippen MR) is 184 cm³/mol. The maximum Gasteiger partial charge on any atom is 0.354 e. The first-order valence-electron chi connectivity index (χ1n) is 15.8. The number of amides is 1. The second-order valence-electron chi connectivity index (χ2n) is 12.8. The zero-order valence-electron chi connectivity index (χ0n) is 27.0. The summed E-state index contributed by atoms with van der Waals surface area (Å²) in [6, 6.07) is 5.22. The first-order chi connectivity index (χ1) is 22.5. The van der Waals surface area contributed by atoms with Gasteiger partial charge in [-0.15, -0.1) is 0 Å². The van der Waals surface area contributed by atoms with Gasteiger partial charge in [-0.3, -0.25) is 19.4 Å². The minimum absolute atomic E-state index is 0.0384. The first kappa shape index (κ1) is 30.9. The van der Waals surface area contributed by atoms with E-state index in [1.165, 1.54) is 10.6 Å². The van der Waals surface area contributed by atoms with E-state index in [0.29, 0.717) is 65.1 Å². The van der Waals surface area contributed by atoms with Crippen LogP contribution in [0, 0.1) is 19.7 Å². The van der Waals surface area contributed by atoms with Gasteiger partial charge in [0, 0.05) is 48.4 Å². The number of piperazine rings is 1. The van der Waals surface area contributed by atoms with E-state index in [1.54, 1.807) is 17.3 Å². The van der Waals surface area contributed by atoms with Crippen LogP contribution in [0.1, 0.15) is 49.9 Å². The molecule has 2 unspecified atom stereocenters. The third-order valence-electron chi connectivity index (χ3n) is 9.49. The average molecular weight is 655 g/mol. The van der Waals surface area contributed by atoms with Crippen molar-refractivity contribution in [3.05, 3.63) is 81.4 Å². The lowest BCUT2D eigenvalue weighted by molar-refractivity contribution is -0.127. The molecule has 47 heavy (non-hydrogen) atoms. The van der Waals surface area contributed by atoms with Crippen molar-refractivity contribution in [1.82, 2.24) is 29.6 Å². The molecule has 3 aromatic heterocycles. The summed E-state index contributed by atoms with van der Waals surface area (Å²) in [5.74, 6) is -0.393. The van der Waals surface area contributed by atoms with E-state index in [4.69, 9.17) is 16.6 Å². The number of carbonyl (C=O) groups is 1. The van der Waals surface area contributed by atoms with Crippen LogP contribution in [0.15, 0.2) is 48.0 Å². The lowest BCUT2D eigenvalue weighted by Crippen LogP contribution is -2.60. The van der Waals surface area contributed by atoms with Gasteiger partial charge in [0.2, 0.25) is 5.91 Å². The van der Waals surface area contributed by atoms with Crippen LogP contribution in [0.25, 0.3) is 38.6 Å². The molecule has 1 amide bonds. The van der Waals surface area contributed by atoms with Crippen molar-refractivity contribution in [2.75, 3.05) is 29.9 Å². The summed E-state index contributed by atoms with van der Waals surface area (Å²) in [4.78, 5) is 40.5. The summed E-state index contributed by atoms with van der Waals surface area (Å²) in [5.41, 5.74) is 4.39. The van der Waals surface area contributed by atoms with Crippen LogP contribution in [0.2, 0.25) is 5.02 Å². The third kappa shape index (κ3) is 4.70. The normalized spacial score (nSPS) is 17.9. The number of anilines is 2. The second-order valence-corrected chi connectivity index (χ2v) is 13.2. The van der Waals surface area contributed by atoms with E-state index in [2.05, 4.69) is 32.0 Å². The van der Waals surface area contributed by atoms with Crippen LogP contribution >= 0.6 is 11.6 Å². The highest BCUT2D eigenvalue weighted by molar-refractivity contribution is 6.39. The van der Waals surface area contributed by atoms with Crippen molar-refractivity contribution < 1.29 is 9.18 Å². The summed E-state index contributed by atoms with van der Waals surface area (Å²) in [6.45, 7) is 14.7. The number of aryl methyl sites for hydroxylation is 2. The number of carbonyl (C=O) groups excluding carboxylic acids is 1. The lowest BCUT2D eigenvalue weighted by Gasteiger charge is -2.47. The van der Waals surface area contributed by atoms with Gasteiger partial charge in [-0.2, -0.15) is 10.1 Å². The van der Waals surface area contributed by atoms with Crippen LogP contribution in [-0.4, -0.2) is 67.3 Å². The molecule has 1 saturated heterocycles. The highest BCUT2D eigenvalue weighted by atomic mass is 35.5. The van der Waals surface area contributed by atoms with Gasteiger partial charge in [-0.05, 0) is 62.4 Å². The van der Waals surface area contributed by atoms with E-state index in [0.717, 1.165) is 16.6 Å². The monoisotopic (exact) mass is 654 g/mol. The van der Waals surface area contributed by atoms with Crippen molar-refractivity contribution in [2.24, 2.45) is 0 Å². The molecule has 0 saturated carbocycles. The largest absolute Gasteiger partial charge is 0.382 e. The minimum atomic E-state index is -0.551. The van der Waals surface area contributed by atoms with Crippen LogP contribution in [-0.2, 0) is 4.79 Å². The number of hydrogen-bond donors (Lipinski definition) is 2. The number of benzene rings is 2. The smallest absolute Gasteiger partial charge is 0.354 e. The fourth-order valence-electron chi connectivity index (χ4n) is 7.39. The van der Waals surface area contributed by atoms with Crippen LogP contribution in [0.5, 0.6) is 0 Å². The van der Waals surface area contributed by atoms with E-state index < -0.39 is 11.5 Å². The van der Waals surface area contributed by atoms with Gasteiger partial charge in [-0.1, -0.05) is 38.1 Å². The highest BCUT2D eigenvalue weighted by Gasteiger charge is 2.39. The van der Waals surface area contributed by atoms with E-state index in [-0.39, 0.29) is 40.2 Å². The summed E-state index contributed by atoms with van der Waals surface area (Å²) in [7, 11) is 0. The molecule has 2 aliphatic heterocycles. The molecule has 7 rings (SSSR count). The number of aromatic amines is 1. The van der Waals surface area contributed by atoms with Gasteiger partial charge in [-0.25, -0.2) is 9.18 Å². The number of fused-ring (bicyclic) bond motifs is 3. The Bertz CT molecular complexity index is 2170. The Morgan fingerprint density at radius 3 is 2.70 bits per heavy atom. The Morgan fingerprint density at radius 2 is 1.96 bits per heavy atom. The molecule has 5 aromatic rings. The standard InChI is InChI=1S/C35H36ClFN8O2/c1-7-24(46)43-15-20(6)44-21(16-43)11-13-39-31-27-33(28(36)26(29(31)37)25-18(4)8-9-23-22(25)14-40-42-23)45(35(47)41-34(27)44)32-19(5)10-12-38-30(32)17(2)3/h7-10,12,14,17,20-21,39H,1,11,13,15-16H2,2-6H3,(H,40,42). The molecule has 2 aromatic carbocycles. The second kappa shape index (κ2) is 11.5. The Morgan fingerprint density at radius 1 is 1.17 bits per heavy atom. The summed E-state index contributed by atoms with van der Waals surface area (Å²) in [5, 5.41) is 11.8. The molecule has 0 radical (unpaired) electrons. The van der Waals surface area contributed by atoms with Crippen molar-refractivity contribution in [3.63, 3.8) is 0 Å². The summed E-state index contributed by atoms with van der Waals surface area (Å²) >= 11 is 7.46. The van der Waals surface area contributed by atoms with Crippen LogP contribution in [0.4, 0.5) is 15.9 Å². The fraction of sp³-hybridized carbons (Fsp3) is 0.343. The molecule has 2 aliphatic rings. The van der Waals surface area contributed by atoms with Crippen LogP contribution in [0.3, 0.4) is 0 Å². The average Bonchev–Trinajstić information content (AvgIpc) is 3.51. The Hall–Kier alpha value is -4.77. The Labute approximate surface area is 276 Å². The topological polar surface area (TPSA) is 112 Å². The predicted octanol–water partition coefficient (Wildman–Crippen LogP) is 6.26. The SMILES string of the molecule is C=CC(=O)N1CC(C)N2c3nc(=O)n(-c4c(C)ccnc4C(C)C)c4c(Cl)c(-c5c(C)ccc6[nH]ncc56)c(F)c(c34)NCCC2C1. The van der Waals surface area contributed by atoms with Gasteiger partial charge in [0.05, 0.1) is 50.7 Å². The molecule has 2 atom stereocenters. The number of nitrogens with one attached hydrogen (secondary N) is 2. The number of rotatable bonds is 4. The molecule has 0 spiro atoms. The van der Waals surface area contributed by atoms with E-state index >= 15 is 4.39 Å². The third-order valence-corrected chi connectivity index (χ3v) is 9.86. The van der Waals surface area contributed by atoms with E-state index in [9.17, 15) is 9.59 Å². The summed E-state index contributed by atoms with van der Waals surface area (Å²) < 4.78 is 18.9. The highest BCUT2D eigenvalue weighted by Crippen LogP contribution is 2.48. The number of aromatic nitrogens is 5. The minimum Gasteiger partial charge on any atom is -0.382 e. The quantitative estimate of drug-likeness (QED) is 0.220. The van der Waals surface area contributed by atoms with Crippen LogP contribution < -0.4 is 15.9 Å². The number of halogens is 2. The number of pyridine rings is 1. The molecule has 0 aliphatic carbocycles. The molecule has 2 N–H and O–H groups in total. The number of nitrogens with zero attached hydrogens (tertiary/aromatic N) is 6. The first-order valence-corrected chi connectivity index (χ1v) is 16.2. The zero-order chi connectivity index (χ0) is 33.3. The Balaban J connectivity index is 1.65. The van der Waals surface area contributed by atoms with Crippen molar-refractivity contribution >= 4 is 50.8 Å². The molecular formula is C35H36ClFN8O2. The van der Waals surface area contributed by atoms with Crippen molar-refractivity contribution in [3.8, 4) is 16.8 Å². The molecule has 1 fully saturated rings. The Kier molecular flexibility index (Phi) is 7.54. The maximum atomic E-state index is 17.4. The molecule has 5 heterocycles. The lowest BCUT2D eigenvalue weighted by atomic mass is 9.93. The van der Waals surface area contributed by atoms with Gasteiger partial charge in [0.1, 0.15) is 5.82 Å². The van der Waals surface area contributed by atoms with Gasteiger partial charge in [0.25, 0.3) is 0 Å². The van der Waals surface area contributed by atoms with E-state index in [1.807, 2.05) is 52.8 Å². The molecular weight excluding hydrogens is 619 g/mol.